The smallest absolute Gasteiger partial charge is 0.412 e. The maximum absolute atomic E-state index is 14.1. The van der Waals surface area contributed by atoms with Crippen LogP contribution in [0.2, 0.25) is 0 Å². The Kier molecular flexibility index (Phi) is 6.45. The normalized spacial score (nSPS) is 10.6. The first kappa shape index (κ1) is 22.4. The number of rotatable bonds is 3. The van der Waals surface area contributed by atoms with Crippen LogP contribution < -0.4 is 21.5 Å². The number of benzene rings is 1. The number of nitrogen functional groups attached to an aromatic ring is 2. The second-order valence-electron chi connectivity index (χ2n) is 7.67. The molecule has 1 amide bonds. The van der Waals surface area contributed by atoms with E-state index < -0.39 is 17.5 Å². The topological polar surface area (TPSA) is 125 Å². The van der Waals surface area contributed by atoms with Crippen molar-refractivity contribution < 1.29 is 18.7 Å². The van der Waals surface area contributed by atoms with Crippen molar-refractivity contribution in [1.82, 2.24) is 9.97 Å². The summed E-state index contributed by atoms with van der Waals surface area (Å²) in [7, 11) is 0. The molecule has 2 heterocycles. The zero-order valence-corrected chi connectivity index (χ0v) is 17.8. The number of halogens is 1. The number of carbonyl (C=O) groups is 1. The fourth-order valence-corrected chi connectivity index (χ4v) is 2.48. The number of hydrogen-bond donors (Lipinski definition) is 3. The van der Waals surface area contributed by atoms with Crippen LogP contribution in [0.5, 0.6) is 11.5 Å². The Morgan fingerprint density at radius 1 is 1.06 bits per heavy atom. The van der Waals surface area contributed by atoms with Crippen LogP contribution in [0, 0.1) is 17.7 Å². The highest BCUT2D eigenvalue weighted by Crippen LogP contribution is 2.30. The lowest BCUT2D eigenvalue weighted by Gasteiger charge is -2.19. The summed E-state index contributed by atoms with van der Waals surface area (Å²) < 4.78 is 24.9. The molecule has 0 atom stereocenters. The third-order valence-electron chi connectivity index (χ3n) is 3.84. The van der Waals surface area contributed by atoms with Crippen LogP contribution in [0.3, 0.4) is 0 Å². The summed E-state index contributed by atoms with van der Waals surface area (Å²) in [6.45, 7) is 5.31. The van der Waals surface area contributed by atoms with Crippen molar-refractivity contribution in [2.45, 2.75) is 26.4 Å². The van der Waals surface area contributed by atoms with Gasteiger partial charge in [-0.15, -0.1) is 0 Å². The minimum Gasteiger partial charge on any atom is -0.453 e. The van der Waals surface area contributed by atoms with Crippen molar-refractivity contribution in [2.24, 2.45) is 0 Å². The van der Waals surface area contributed by atoms with Gasteiger partial charge in [-0.25, -0.2) is 19.2 Å². The third kappa shape index (κ3) is 6.09. The quantitative estimate of drug-likeness (QED) is 0.413. The number of ether oxygens (including phenoxy) is 2. The highest BCUT2D eigenvalue weighted by atomic mass is 19.1. The first-order valence-corrected chi connectivity index (χ1v) is 9.56. The maximum atomic E-state index is 14.1. The molecule has 5 N–H and O–H groups in total. The molecule has 9 heteroatoms. The van der Waals surface area contributed by atoms with E-state index in [4.69, 9.17) is 20.9 Å². The monoisotopic (exact) mass is 435 g/mol. The molecule has 3 aromatic rings. The van der Waals surface area contributed by atoms with E-state index in [9.17, 15) is 9.18 Å². The molecule has 0 aliphatic heterocycles. The van der Waals surface area contributed by atoms with Crippen LogP contribution >= 0.6 is 0 Å². The molecule has 0 saturated heterocycles. The molecule has 164 valence electrons. The molecule has 8 nitrogen and oxygen atoms in total. The fourth-order valence-electron chi connectivity index (χ4n) is 2.48. The predicted octanol–water partition coefficient (Wildman–Crippen LogP) is 4.32. The second kappa shape index (κ2) is 9.22. The van der Waals surface area contributed by atoms with E-state index in [1.807, 2.05) is 0 Å². The lowest BCUT2D eigenvalue weighted by Crippen LogP contribution is -2.27. The standard InChI is InChI=1S/C23H22FN5O3/c1-23(2,3)32-22(30)29-16-6-5-15(28-13-16)7-8-17-19(10-11-27-21(17)26)31-20-9-4-14(25)12-18(20)24/h4-6,9-13H,25H2,1-3H3,(H2,26,27)(H,29,30). The van der Waals surface area contributed by atoms with E-state index in [0.717, 1.165) is 6.07 Å². The fraction of sp³-hybridized carbons (Fsp3) is 0.174. The average molecular weight is 435 g/mol. The largest absolute Gasteiger partial charge is 0.453 e. The van der Waals surface area contributed by atoms with Crippen LogP contribution in [0.25, 0.3) is 0 Å². The van der Waals surface area contributed by atoms with Crippen molar-refractivity contribution in [3.05, 3.63) is 65.9 Å². The number of nitrogens with two attached hydrogens (primary N) is 2. The predicted molar refractivity (Wildman–Crippen MR) is 120 cm³/mol. The van der Waals surface area contributed by atoms with Gasteiger partial charge in [0.05, 0.1) is 11.9 Å². The number of aromatic nitrogens is 2. The Balaban J connectivity index is 1.78. The molecule has 0 bridgehead atoms. The zero-order valence-electron chi connectivity index (χ0n) is 17.8. The highest BCUT2D eigenvalue weighted by Gasteiger charge is 2.16. The number of hydrogen-bond acceptors (Lipinski definition) is 7. The van der Waals surface area contributed by atoms with Gasteiger partial charge >= 0.3 is 6.09 Å². The SMILES string of the molecule is CC(C)(C)OC(=O)Nc1ccc(C#Cc2c(Oc3ccc(N)cc3F)ccnc2N)nc1. The first-order valence-electron chi connectivity index (χ1n) is 9.56. The number of amides is 1. The molecule has 0 radical (unpaired) electrons. The van der Waals surface area contributed by atoms with E-state index in [2.05, 4.69) is 27.1 Å². The summed E-state index contributed by atoms with van der Waals surface area (Å²) in [5.41, 5.74) is 12.3. The van der Waals surface area contributed by atoms with E-state index >= 15 is 0 Å². The van der Waals surface area contributed by atoms with E-state index in [-0.39, 0.29) is 28.6 Å². The Labute approximate surface area is 184 Å². The van der Waals surface area contributed by atoms with Crippen LogP contribution in [0.4, 0.5) is 26.4 Å². The summed E-state index contributed by atoms with van der Waals surface area (Å²) in [5, 5.41) is 2.59. The number of pyridine rings is 2. The third-order valence-corrected chi connectivity index (χ3v) is 3.84. The van der Waals surface area contributed by atoms with Crippen molar-refractivity contribution >= 4 is 23.3 Å². The minimum absolute atomic E-state index is 0.0245. The van der Waals surface area contributed by atoms with Crippen molar-refractivity contribution in [3.63, 3.8) is 0 Å². The number of anilines is 3. The molecule has 0 aliphatic carbocycles. The summed E-state index contributed by atoms with van der Waals surface area (Å²) in [5.74, 6) is 5.42. The van der Waals surface area contributed by atoms with Crippen molar-refractivity contribution in [2.75, 3.05) is 16.8 Å². The van der Waals surface area contributed by atoms with Gasteiger partial charge in [-0.2, -0.15) is 0 Å². The molecule has 1 aromatic carbocycles. The molecule has 0 saturated carbocycles. The maximum Gasteiger partial charge on any atom is 0.412 e. The highest BCUT2D eigenvalue weighted by molar-refractivity contribution is 5.84. The van der Waals surface area contributed by atoms with Gasteiger partial charge < -0.3 is 20.9 Å². The van der Waals surface area contributed by atoms with Crippen LogP contribution in [0.15, 0.2) is 48.8 Å². The van der Waals surface area contributed by atoms with Gasteiger partial charge in [0.25, 0.3) is 0 Å². The van der Waals surface area contributed by atoms with Gasteiger partial charge in [0.2, 0.25) is 0 Å². The molecular weight excluding hydrogens is 413 g/mol. The summed E-state index contributed by atoms with van der Waals surface area (Å²) in [4.78, 5) is 20.0. The van der Waals surface area contributed by atoms with E-state index in [1.54, 1.807) is 32.9 Å². The van der Waals surface area contributed by atoms with E-state index in [1.165, 1.54) is 30.6 Å². The second-order valence-corrected chi connectivity index (χ2v) is 7.67. The number of nitrogens with one attached hydrogen (secondary N) is 1. The van der Waals surface area contributed by atoms with Crippen LogP contribution in [-0.2, 0) is 4.74 Å². The Morgan fingerprint density at radius 3 is 2.50 bits per heavy atom. The lowest BCUT2D eigenvalue weighted by atomic mass is 10.2. The molecule has 0 fully saturated rings. The van der Waals surface area contributed by atoms with E-state index in [0.29, 0.717) is 11.4 Å². The summed E-state index contributed by atoms with van der Waals surface area (Å²) in [6, 6.07) is 8.86. The first-order chi connectivity index (χ1) is 15.1. The Morgan fingerprint density at radius 2 is 1.84 bits per heavy atom. The molecule has 3 rings (SSSR count). The minimum atomic E-state index is -0.617. The van der Waals surface area contributed by atoms with Gasteiger partial charge in [0.1, 0.15) is 28.4 Å². The zero-order chi connectivity index (χ0) is 23.3. The van der Waals surface area contributed by atoms with Gasteiger partial charge in [-0.1, -0.05) is 5.92 Å². The van der Waals surface area contributed by atoms with Crippen molar-refractivity contribution in [1.29, 1.82) is 0 Å². The van der Waals surface area contributed by atoms with Gasteiger partial charge in [-0.05, 0) is 51.0 Å². The Bertz CT molecular complexity index is 1190. The van der Waals surface area contributed by atoms with Gasteiger partial charge in [0.15, 0.2) is 11.6 Å². The summed E-state index contributed by atoms with van der Waals surface area (Å²) >= 11 is 0. The molecule has 0 unspecified atom stereocenters. The van der Waals surface area contributed by atoms with Crippen LogP contribution in [0.1, 0.15) is 32.0 Å². The number of nitrogens with zero attached hydrogens (tertiary/aromatic N) is 2. The molecule has 0 spiro atoms. The molecular formula is C23H22FN5O3. The van der Waals surface area contributed by atoms with Gasteiger partial charge in [-0.3, -0.25) is 5.32 Å². The summed E-state index contributed by atoms with van der Waals surface area (Å²) in [6.07, 6.45) is 2.29. The number of carbonyl (C=O) groups excluding carboxylic acids is 1. The Hall–Kier alpha value is -4.32. The molecule has 0 aliphatic rings. The molecule has 32 heavy (non-hydrogen) atoms. The average Bonchev–Trinajstić information content (AvgIpc) is 2.69. The van der Waals surface area contributed by atoms with Crippen molar-refractivity contribution in [3.8, 4) is 23.3 Å². The van der Waals surface area contributed by atoms with Gasteiger partial charge in [0, 0.05) is 24.0 Å². The lowest BCUT2D eigenvalue weighted by molar-refractivity contribution is 0.0636. The molecule has 2 aromatic heterocycles. The van der Waals surface area contributed by atoms with Crippen LogP contribution in [-0.4, -0.2) is 21.7 Å².